The minimum Gasteiger partial charge on any atom is -0.493 e. The monoisotopic (exact) mass is 457 g/mol. The van der Waals surface area contributed by atoms with Crippen LogP contribution in [0.3, 0.4) is 0 Å². The Morgan fingerprint density at radius 1 is 0.853 bits per heavy atom. The molecule has 1 aliphatic carbocycles. The zero-order chi connectivity index (χ0) is 23.5. The van der Waals surface area contributed by atoms with Crippen molar-refractivity contribution in [3.8, 4) is 23.0 Å². The van der Waals surface area contributed by atoms with Crippen LogP contribution in [-0.2, 0) is 19.5 Å². The predicted molar refractivity (Wildman–Crippen MR) is 135 cm³/mol. The third-order valence-electron chi connectivity index (χ3n) is 6.72. The molecule has 34 heavy (non-hydrogen) atoms. The quantitative estimate of drug-likeness (QED) is 0.482. The highest BCUT2D eigenvalue weighted by Gasteiger charge is 2.21. The molecule has 1 aliphatic heterocycles. The second kappa shape index (κ2) is 9.82. The van der Waals surface area contributed by atoms with Gasteiger partial charge in [0.25, 0.3) is 0 Å². The van der Waals surface area contributed by atoms with Crippen molar-refractivity contribution < 1.29 is 18.9 Å². The van der Waals surface area contributed by atoms with Gasteiger partial charge in [0.15, 0.2) is 11.5 Å². The van der Waals surface area contributed by atoms with Crippen LogP contribution in [0.15, 0.2) is 54.6 Å². The fraction of sp³-hybridized carbons (Fsp3) is 0.310. The lowest BCUT2D eigenvalue weighted by atomic mass is 9.88. The molecule has 0 amide bonds. The van der Waals surface area contributed by atoms with Crippen LogP contribution in [0.2, 0.25) is 0 Å². The van der Waals surface area contributed by atoms with Crippen LogP contribution in [-0.4, -0.2) is 39.4 Å². The summed E-state index contributed by atoms with van der Waals surface area (Å²) < 4.78 is 22.8. The van der Waals surface area contributed by atoms with Gasteiger partial charge in [-0.1, -0.05) is 42.5 Å². The molecule has 0 saturated heterocycles. The highest BCUT2D eigenvalue weighted by atomic mass is 16.5. The molecule has 5 rings (SSSR count). The Kier molecular flexibility index (Phi) is 6.45. The molecule has 3 aromatic carbocycles. The van der Waals surface area contributed by atoms with Crippen molar-refractivity contribution in [2.45, 2.75) is 25.9 Å². The number of methoxy groups -OCH3 is 3. The van der Waals surface area contributed by atoms with Gasteiger partial charge in [0.1, 0.15) is 12.4 Å². The molecule has 0 radical (unpaired) electrons. The van der Waals surface area contributed by atoms with Gasteiger partial charge in [-0.15, -0.1) is 0 Å². The molecule has 5 nitrogen and oxygen atoms in total. The van der Waals surface area contributed by atoms with E-state index in [1.165, 1.54) is 27.8 Å². The van der Waals surface area contributed by atoms with Gasteiger partial charge in [-0.05, 0) is 53.3 Å². The first-order valence-corrected chi connectivity index (χ1v) is 11.7. The molecule has 0 spiro atoms. The Labute approximate surface area is 201 Å². The maximum atomic E-state index is 6.12. The van der Waals surface area contributed by atoms with Crippen LogP contribution in [0, 0.1) is 0 Å². The molecule has 1 heterocycles. The average Bonchev–Trinajstić information content (AvgIpc) is 3.09. The van der Waals surface area contributed by atoms with E-state index in [0.29, 0.717) is 23.9 Å². The molecule has 0 fully saturated rings. The molecule has 3 aromatic rings. The van der Waals surface area contributed by atoms with Crippen molar-refractivity contribution in [3.05, 3.63) is 82.4 Å². The minimum absolute atomic E-state index is 0.626. The number of nitrogens with zero attached hydrogens (tertiary/aromatic N) is 1. The number of allylic oxidation sites excluding steroid dienone is 1. The van der Waals surface area contributed by atoms with E-state index in [2.05, 4.69) is 53.4 Å². The highest BCUT2D eigenvalue weighted by molar-refractivity contribution is 5.84. The number of hydrogen-bond donors (Lipinski definition) is 0. The second-order valence-corrected chi connectivity index (χ2v) is 8.74. The zero-order valence-electron chi connectivity index (χ0n) is 20.1. The fourth-order valence-corrected chi connectivity index (χ4v) is 4.97. The lowest BCUT2D eigenvalue weighted by Gasteiger charge is -2.23. The number of ether oxygens (including phenoxy) is 4. The van der Waals surface area contributed by atoms with Crippen LogP contribution in [0.4, 0.5) is 0 Å². The van der Waals surface area contributed by atoms with E-state index in [1.54, 1.807) is 21.3 Å². The summed E-state index contributed by atoms with van der Waals surface area (Å²) in [5.41, 5.74) is 7.71. The van der Waals surface area contributed by atoms with E-state index in [1.807, 2.05) is 12.1 Å². The van der Waals surface area contributed by atoms with E-state index < -0.39 is 0 Å². The lowest BCUT2D eigenvalue weighted by molar-refractivity contribution is 0.216. The van der Waals surface area contributed by atoms with Crippen molar-refractivity contribution in [3.63, 3.8) is 0 Å². The molecule has 176 valence electrons. The SMILES string of the molecule is COc1ccc(CN2CCOc3ccc(C4=Cc5ccccc5CC4)cc3C2)c(OC)c1OC. The van der Waals surface area contributed by atoms with Crippen LogP contribution in [0.1, 0.15) is 34.2 Å². The first kappa shape index (κ1) is 22.4. The van der Waals surface area contributed by atoms with Crippen LogP contribution in [0.25, 0.3) is 11.6 Å². The van der Waals surface area contributed by atoms with Gasteiger partial charge in [0, 0.05) is 30.8 Å². The summed E-state index contributed by atoms with van der Waals surface area (Å²) in [6, 6.07) is 19.3. The van der Waals surface area contributed by atoms with Gasteiger partial charge in [0.2, 0.25) is 5.75 Å². The summed E-state index contributed by atoms with van der Waals surface area (Å²) in [6.07, 6.45) is 4.48. The molecule has 2 aliphatic rings. The number of fused-ring (bicyclic) bond motifs is 2. The van der Waals surface area contributed by atoms with E-state index >= 15 is 0 Å². The summed E-state index contributed by atoms with van der Waals surface area (Å²) in [5.74, 6) is 2.98. The maximum Gasteiger partial charge on any atom is 0.203 e. The molecular weight excluding hydrogens is 426 g/mol. The molecule has 0 saturated carbocycles. The zero-order valence-corrected chi connectivity index (χ0v) is 20.1. The Morgan fingerprint density at radius 3 is 2.53 bits per heavy atom. The Balaban J connectivity index is 1.41. The number of aryl methyl sites for hydroxylation is 1. The van der Waals surface area contributed by atoms with Gasteiger partial charge in [-0.25, -0.2) is 0 Å². The molecule has 0 atom stereocenters. The Bertz CT molecular complexity index is 1220. The Morgan fingerprint density at radius 2 is 1.71 bits per heavy atom. The summed E-state index contributed by atoms with van der Waals surface area (Å²) in [6.45, 7) is 3.02. The van der Waals surface area contributed by atoms with Crippen molar-refractivity contribution in [1.29, 1.82) is 0 Å². The molecule has 0 bridgehead atoms. The van der Waals surface area contributed by atoms with E-state index in [0.717, 1.165) is 43.8 Å². The molecule has 5 heteroatoms. The van der Waals surface area contributed by atoms with Gasteiger partial charge >= 0.3 is 0 Å². The summed E-state index contributed by atoms with van der Waals surface area (Å²) in [4.78, 5) is 2.39. The highest BCUT2D eigenvalue weighted by Crippen LogP contribution is 2.41. The van der Waals surface area contributed by atoms with Crippen molar-refractivity contribution in [2.24, 2.45) is 0 Å². The third kappa shape index (κ3) is 4.36. The van der Waals surface area contributed by atoms with E-state index in [4.69, 9.17) is 18.9 Å². The van der Waals surface area contributed by atoms with Crippen molar-refractivity contribution in [2.75, 3.05) is 34.5 Å². The van der Waals surface area contributed by atoms with Gasteiger partial charge in [-0.3, -0.25) is 4.90 Å². The van der Waals surface area contributed by atoms with Crippen molar-refractivity contribution >= 4 is 11.6 Å². The van der Waals surface area contributed by atoms with Crippen molar-refractivity contribution in [1.82, 2.24) is 4.90 Å². The first-order valence-electron chi connectivity index (χ1n) is 11.7. The van der Waals surface area contributed by atoms with Crippen LogP contribution < -0.4 is 18.9 Å². The van der Waals surface area contributed by atoms with E-state index in [-0.39, 0.29) is 0 Å². The second-order valence-electron chi connectivity index (χ2n) is 8.74. The normalized spacial score (nSPS) is 15.3. The van der Waals surface area contributed by atoms with E-state index in [9.17, 15) is 0 Å². The van der Waals surface area contributed by atoms with Crippen LogP contribution >= 0.6 is 0 Å². The number of rotatable bonds is 6. The summed E-state index contributed by atoms with van der Waals surface area (Å²) in [7, 11) is 4.95. The van der Waals surface area contributed by atoms with Gasteiger partial charge < -0.3 is 18.9 Å². The smallest absolute Gasteiger partial charge is 0.203 e. The predicted octanol–water partition coefficient (Wildman–Crippen LogP) is 5.59. The summed E-state index contributed by atoms with van der Waals surface area (Å²) >= 11 is 0. The summed E-state index contributed by atoms with van der Waals surface area (Å²) in [5, 5.41) is 0. The Hall–Kier alpha value is -3.44. The molecule has 0 N–H and O–H groups in total. The lowest BCUT2D eigenvalue weighted by Crippen LogP contribution is -2.25. The standard InChI is InChI=1S/C29H31NO4/c1-31-27-13-11-24(28(32-2)29(27)33-3)18-30-14-15-34-26-12-10-23(17-25(26)19-30)22-9-8-20-6-4-5-7-21(20)16-22/h4-7,10-13,16-17H,8-9,14-15,18-19H2,1-3H3. The number of benzene rings is 3. The van der Waals surface area contributed by atoms with Gasteiger partial charge in [-0.2, -0.15) is 0 Å². The molecule has 0 aromatic heterocycles. The first-order chi connectivity index (χ1) is 16.7. The molecular formula is C29H31NO4. The number of hydrogen-bond acceptors (Lipinski definition) is 5. The van der Waals surface area contributed by atoms with Crippen LogP contribution in [0.5, 0.6) is 23.0 Å². The minimum atomic E-state index is 0.626. The molecule has 0 unspecified atom stereocenters. The fourth-order valence-electron chi connectivity index (χ4n) is 4.97. The third-order valence-corrected chi connectivity index (χ3v) is 6.72. The van der Waals surface area contributed by atoms with Gasteiger partial charge in [0.05, 0.1) is 21.3 Å². The topological polar surface area (TPSA) is 40.2 Å². The average molecular weight is 458 g/mol. The maximum absolute atomic E-state index is 6.12. The largest absolute Gasteiger partial charge is 0.493 e.